The fourth-order valence-corrected chi connectivity index (χ4v) is 1.35. The molecule has 0 aliphatic carbocycles. The quantitative estimate of drug-likeness (QED) is 0.639. The predicted octanol–water partition coefficient (Wildman–Crippen LogP) is 3.17. The maximum atomic E-state index is 13.0. The van der Waals surface area contributed by atoms with Gasteiger partial charge in [-0.1, -0.05) is 22.0 Å². The molecular formula is C8H7BrF2. The number of benzene rings is 1. The number of hydrogen-bond acceptors (Lipinski definition) is 0. The zero-order valence-electron chi connectivity index (χ0n) is 6.00. The van der Waals surface area contributed by atoms with E-state index in [0.717, 1.165) is 0 Å². The summed E-state index contributed by atoms with van der Waals surface area (Å²) in [6.07, 6.45) is 0. The van der Waals surface area contributed by atoms with Crippen LogP contribution in [-0.4, -0.2) is 0 Å². The van der Waals surface area contributed by atoms with E-state index in [1.54, 1.807) is 6.92 Å². The lowest BCUT2D eigenvalue weighted by atomic mass is 10.1. The SMILES string of the molecule is Cc1ccc(F)c(CBr)c1F. The molecule has 60 valence electrons. The Bertz CT molecular complexity index is 271. The highest BCUT2D eigenvalue weighted by atomic mass is 79.9. The third kappa shape index (κ3) is 1.59. The van der Waals surface area contributed by atoms with Crippen molar-refractivity contribution in [3.8, 4) is 0 Å². The molecule has 0 amide bonds. The van der Waals surface area contributed by atoms with E-state index in [2.05, 4.69) is 15.9 Å². The van der Waals surface area contributed by atoms with Gasteiger partial charge in [-0.25, -0.2) is 8.78 Å². The van der Waals surface area contributed by atoms with Gasteiger partial charge in [-0.15, -0.1) is 0 Å². The fourth-order valence-electron chi connectivity index (χ4n) is 0.837. The van der Waals surface area contributed by atoms with Crippen LogP contribution >= 0.6 is 15.9 Å². The lowest BCUT2D eigenvalue weighted by molar-refractivity contribution is 0.561. The van der Waals surface area contributed by atoms with Crippen molar-refractivity contribution in [3.05, 3.63) is 34.9 Å². The monoisotopic (exact) mass is 220 g/mol. The Kier molecular flexibility index (Phi) is 2.60. The van der Waals surface area contributed by atoms with Crippen molar-refractivity contribution in [1.82, 2.24) is 0 Å². The first-order valence-electron chi connectivity index (χ1n) is 3.16. The van der Waals surface area contributed by atoms with Crippen molar-refractivity contribution >= 4 is 15.9 Å². The number of alkyl halides is 1. The third-order valence-electron chi connectivity index (χ3n) is 1.51. The molecule has 0 aliphatic heterocycles. The maximum Gasteiger partial charge on any atom is 0.133 e. The molecular weight excluding hydrogens is 214 g/mol. The molecule has 0 atom stereocenters. The Morgan fingerprint density at radius 3 is 2.45 bits per heavy atom. The second-order valence-corrected chi connectivity index (χ2v) is 2.85. The largest absolute Gasteiger partial charge is 0.207 e. The normalized spacial score (nSPS) is 10.2. The van der Waals surface area contributed by atoms with Crippen LogP contribution in [0.15, 0.2) is 12.1 Å². The molecule has 0 heterocycles. The van der Waals surface area contributed by atoms with Gasteiger partial charge in [0.15, 0.2) is 0 Å². The summed E-state index contributed by atoms with van der Waals surface area (Å²) in [5.74, 6) is -0.952. The molecule has 0 fully saturated rings. The summed E-state index contributed by atoms with van der Waals surface area (Å²) in [5.41, 5.74) is 0.575. The molecule has 11 heavy (non-hydrogen) atoms. The Balaban J connectivity index is 3.29. The minimum atomic E-state index is -0.495. The lowest BCUT2D eigenvalue weighted by Gasteiger charge is -2.02. The Hall–Kier alpha value is -0.440. The zero-order valence-corrected chi connectivity index (χ0v) is 7.58. The average Bonchev–Trinajstić information content (AvgIpc) is 1.99. The van der Waals surface area contributed by atoms with Gasteiger partial charge in [0.05, 0.1) is 0 Å². The number of halogens is 3. The molecule has 0 spiro atoms. The van der Waals surface area contributed by atoms with E-state index in [1.807, 2.05) is 0 Å². The van der Waals surface area contributed by atoms with Gasteiger partial charge in [-0.2, -0.15) is 0 Å². The van der Waals surface area contributed by atoms with Crippen molar-refractivity contribution in [1.29, 1.82) is 0 Å². The highest BCUT2D eigenvalue weighted by Crippen LogP contribution is 2.18. The molecule has 3 heteroatoms. The molecule has 0 aliphatic rings. The van der Waals surface area contributed by atoms with Crippen LogP contribution in [-0.2, 0) is 5.33 Å². The summed E-state index contributed by atoms with van der Waals surface area (Å²) in [4.78, 5) is 0. The summed E-state index contributed by atoms with van der Waals surface area (Å²) in [5, 5.41) is 0.215. The van der Waals surface area contributed by atoms with Gasteiger partial charge in [0.2, 0.25) is 0 Å². The second-order valence-electron chi connectivity index (χ2n) is 2.29. The summed E-state index contributed by atoms with van der Waals surface area (Å²) in [6, 6.07) is 2.70. The van der Waals surface area contributed by atoms with Crippen LogP contribution < -0.4 is 0 Å². The van der Waals surface area contributed by atoms with E-state index in [1.165, 1.54) is 12.1 Å². The van der Waals surface area contributed by atoms with Crippen LogP contribution in [0.4, 0.5) is 8.78 Å². The van der Waals surface area contributed by atoms with Gasteiger partial charge < -0.3 is 0 Å². The van der Waals surface area contributed by atoms with Crippen molar-refractivity contribution in [2.75, 3.05) is 0 Å². The molecule has 0 saturated heterocycles. The van der Waals surface area contributed by atoms with Gasteiger partial charge in [-0.3, -0.25) is 0 Å². The molecule has 1 aromatic rings. The highest BCUT2D eigenvalue weighted by molar-refractivity contribution is 9.08. The molecule has 0 N–H and O–H groups in total. The van der Waals surface area contributed by atoms with Gasteiger partial charge in [0.25, 0.3) is 0 Å². The molecule has 0 unspecified atom stereocenters. The van der Waals surface area contributed by atoms with Crippen LogP contribution in [0.2, 0.25) is 0 Å². The van der Waals surface area contributed by atoms with E-state index in [9.17, 15) is 8.78 Å². The van der Waals surface area contributed by atoms with E-state index in [4.69, 9.17) is 0 Å². The topological polar surface area (TPSA) is 0 Å². The standard InChI is InChI=1S/C8H7BrF2/c1-5-2-3-7(10)6(4-9)8(5)11/h2-3H,4H2,1H3. The van der Waals surface area contributed by atoms with Gasteiger partial charge >= 0.3 is 0 Å². The summed E-state index contributed by atoms with van der Waals surface area (Å²) in [7, 11) is 0. The van der Waals surface area contributed by atoms with Crippen LogP contribution in [0.1, 0.15) is 11.1 Å². The van der Waals surface area contributed by atoms with Crippen molar-refractivity contribution in [2.45, 2.75) is 12.3 Å². The molecule has 1 aromatic carbocycles. The Labute approximate surface area is 72.4 Å². The van der Waals surface area contributed by atoms with Crippen LogP contribution in [0, 0.1) is 18.6 Å². The first kappa shape index (κ1) is 8.65. The summed E-state index contributed by atoms with van der Waals surface area (Å²) in [6.45, 7) is 1.61. The average molecular weight is 221 g/mol. The molecule has 0 nitrogen and oxygen atoms in total. The molecule has 0 saturated carbocycles. The van der Waals surface area contributed by atoms with E-state index < -0.39 is 11.6 Å². The summed E-state index contributed by atoms with van der Waals surface area (Å²) >= 11 is 3.01. The molecule has 1 rings (SSSR count). The predicted molar refractivity (Wildman–Crippen MR) is 43.7 cm³/mol. The van der Waals surface area contributed by atoms with E-state index in [-0.39, 0.29) is 10.9 Å². The first-order chi connectivity index (χ1) is 5.16. The molecule has 0 radical (unpaired) electrons. The van der Waals surface area contributed by atoms with Crippen molar-refractivity contribution in [3.63, 3.8) is 0 Å². The van der Waals surface area contributed by atoms with E-state index in [0.29, 0.717) is 5.56 Å². The van der Waals surface area contributed by atoms with Gasteiger partial charge in [0, 0.05) is 10.9 Å². The number of rotatable bonds is 1. The minimum Gasteiger partial charge on any atom is -0.207 e. The van der Waals surface area contributed by atoms with Crippen molar-refractivity contribution < 1.29 is 8.78 Å². The zero-order chi connectivity index (χ0) is 8.43. The molecule has 0 bridgehead atoms. The maximum absolute atomic E-state index is 13.0. The number of aryl methyl sites for hydroxylation is 1. The minimum absolute atomic E-state index is 0.102. The van der Waals surface area contributed by atoms with Crippen molar-refractivity contribution in [2.24, 2.45) is 0 Å². The second kappa shape index (κ2) is 3.30. The molecule has 0 aromatic heterocycles. The first-order valence-corrected chi connectivity index (χ1v) is 4.28. The Morgan fingerprint density at radius 2 is 2.00 bits per heavy atom. The van der Waals surface area contributed by atoms with Gasteiger partial charge in [-0.05, 0) is 18.6 Å². The number of hydrogen-bond donors (Lipinski definition) is 0. The van der Waals surface area contributed by atoms with E-state index >= 15 is 0 Å². The summed E-state index contributed by atoms with van der Waals surface area (Å²) < 4.78 is 25.8. The van der Waals surface area contributed by atoms with Crippen LogP contribution in [0.25, 0.3) is 0 Å². The Morgan fingerprint density at radius 1 is 1.36 bits per heavy atom. The third-order valence-corrected chi connectivity index (χ3v) is 2.07. The van der Waals surface area contributed by atoms with Crippen LogP contribution in [0.3, 0.4) is 0 Å². The lowest BCUT2D eigenvalue weighted by Crippen LogP contribution is -1.94. The fraction of sp³-hybridized carbons (Fsp3) is 0.250. The smallest absolute Gasteiger partial charge is 0.133 e. The van der Waals surface area contributed by atoms with Crippen LogP contribution in [0.5, 0.6) is 0 Å². The highest BCUT2D eigenvalue weighted by Gasteiger charge is 2.08. The van der Waals surface area contributed by atoms with Gasteiger partial charge in [0.1, 0.15) is 11.6 Å².